The third-order valence-corrected chi connectivity index (χ3v) is 3.33. The van der Waals surface area contributed by atoms with Crippen molar-refractivity contribution in [1.82, 2.24) is 9.97 Å². The molecule has 0 saturated carbocycles. The third kappa shape index (κ3) is 2.22. The van der Waals surface area contributed by atoms with Crippen molar-refractivity contribution in [2.45, 2.75) is 19.2 Å². The number of furan rings is 1. The fourth-order valence-electron chi connectivity index (χ4n) is 2.08. The molecule has 0 radical (unpaired) electrons. The number of alkyl halides is 1. The smallest absolute Gasteiger partial charge is 0.195 e. The summed E-state index contributed by atoms with van der Waals surface area (Å²) in [6.07, 6.45) is 1.77. The highest BCUT2D eigenvalue weighted by molar-refractivity contribution is 6.20. The van der Waals surface area contributed by atoms with Crippen molar-refractivity contribution in [3.05, 3.63) is 47.8 Å². The number of aromatic nitrogens is 2. The largest absolute Gasteiger partial charge is 0.453 e. The van der Waals surface area contributed by atoms with E-state index in [-0.39, 0.29) is 5.38 Å². The Hall–Kier alpha value is -1.87. The average Bonchev–Trinajstić information content (AvgIpc) is 2.81. The molecule has 19 heavy (non-hydrogen) atoms. The number of halogens is 1. The molecule has 0 aliphatic heterocycles. The van der Waals surface area contributed by atoms with E-state index in [1.165, 1.54) is 0 Å². The number of hydrogen-bond acceptors (Lipinski definition) is 3. The van der Waals surface area contributed by atoms with Crippen molar-refractivity contribution in [2.75, 3.05) is 0 Å². The van der Waals surface area contributed by atoms with Gasteiger partial charge in [0, 0.05) is 22.8 Å². The molecule has 0 fully saturated rings. The van der Waals surface area contributed by atoms with Crippen LogP contribution >= 0.6 is 11.6 Å². The minimum atomic E-state index is -0.0928. The van der Waals surface area contributed by atoms with Gasteiger partial charge in [-0.25, -0.2) is 9.97 Å². The summed E-state index contributed by atoms with van der Waals surface area (Å²) in [6, 6.07) is 9.81. The maximum Gasteiger partial charge on any atom is 0.195 e. The highest BCUT2D eigenvalue weighted by Crippen LogP contribution is 2.27. The van der Waals surface area contributed by atoms with Gasteiger partial charge in [0.2, 0.25) is 0 Å². The zero-order chi connectivity index (χ0) is 13.4. The Morgan fingerprint density at radius 3 is 2.74 bits per heavy atom. The summed E-state index contributed by atoms with van der Waals surface area (Å²) >= 11 is 6.07. The van der Waals surface area contributed by atoms with Crippen molar-refractivity contribution >= 4 is 22.6 Å². The van der Waals surface area contributed by atoms with Crippen molar-refractivity contribution < 1.29 is 4.42 Å². The second-order valence-electron chi connectivity index (χ2n) is 4.50. The Kier molecular flexibility index (Phi) is 2.99. The molecule has 3 nitrogen and oxygen atoms in total. The van der Waals surface area contributed by atoms with Crippen molar-refractivity contribution in [3.8, 4) is 11.6 Å². The fraction of sp³-hybridized carbons (Fsp3) is 0.200. The Morgan fingerprint density at radius 1 is 1.26 bits per heavy atom. The molecular formula is C15H13ClN2O. The van der Waals surface area contributed by atoms with Gasteiger partial charge in [0.1, 0.15) is 5.58 Å². The van der Waals surface area contributed by atoms with Crippen LogP contribution in [0.2, 0.25) is 0 Å². The Morgan fingerprint density at radius 2 is 2.05 bits per heavy atom. The first kappa shape index (κ1) is 12.2. The second kappa shape index (κ2) is 4.67. The number of fused-ring (bicyclic) bond motifs is 1. The van der Waals surface area contributed by atoms with Crippen molar-refractivity contribution in [1.29, 1.82) is 0 Å². The Labute approximate surface area is 116 Å². The standard InChI is InChI=1S/C15H13ClN2O/c1-9(16)12-8-17-15(18-10(12)2)14-7-11-5-3-4-6-13(11)19-14/h3-9H,1-2H3. The molecule has 0 aliphatic carbocycles. The molecule has 3 aromatic rings. The van der Waals surface area contributed by atoms with Crippen LogP contribution in [0, 0.1) is 6.92 Å². The summed E-state index contributed by atoms with van der Waals surface area (Å²) in [6.45, 7) is 3.84. The molecule has 1 unspecified atom stereocenters. The molecule has 0 amide bonds. The molecule has 2 heterocycles. The van der Waals surface area contributed by atoms with Gasteiger partial charge in [-0.3, -0.25) is 0 Å². The van der Waals surface area contributed by atoms with Crippen LogP contribution in [0.1, 0.15) is 23.6 Å². The van der Waals surface area contributed by atoms with Gasteiger partial charge in [-0.2, -0.15) is 0 Å². The molecule has 0 aliphatic rings. The maximum absolute atomic E-state index is 6.07. The van der Waals surface area contributed by atoms with E-state index >= 15 is 0 Å². The summed E-state index contributed by atoms with van der Waals surface area (Å²) in [5, 5.41) is 0.957. The van der Waals surface area contributed by atoms with E-state index in [1.54, 1.807) is 6.20 Å². The van der Waals surface area contributed by atoms with Gasteiger partial charge < -0.3 is 4.42 Å². The highest BCUT2D eigenvalue weighted by atomic mass is 35.5. The van der Waals surface area contributed by atoms with E-state index in [0.29, 0.717) is 11.6 Å². The van der Waals surface area contributed by atoms with Crippen LogP contribution in [0.5, 0.6) is 0 Å². The van der Waals surface area contributed by atoms with Crippen molar-refractivity contribution in [2.24, 2.45) is 0 Å². The lowest BCUT2D eigenvalue weighted by Gasteiger charge is -2.06. The molecule has 0 saturated heterocycles. The molecule has 3 rings (SSSR count). The number of rotatable bonds is 2. The normalized spacial score (nSPS) is 12.8. The van der Waals surface area contributed by atoms with Crippen LogP contribution in [0.25, 0.3) is 22.6 Å². The predicted octanol–water partition coefficient (Wildman–Crippen LogP) is 4.50. The zero-order valence-electron chi connectivity index (χ0n) is 10.7. The van der Waals surface area contributed by atoms with Crippen molar-refractivity contribution in [3.63, 3.8) is 0 Å². The summed E-state index contributed by atoms with van der Waals surface area (Å²) in [5.74, 6) is 1.27. The van der Waals surface area contributed by atoms with Crippen LogP contribution < -0.4 is 0 Å². The highest BCUT2D eigenvalue weighted by Gasteiger charge is 2.12. The summed E-state index contributed by atoms with van der Waals surface area (Å²) in [4.78, 5) is 8.81. The summed E-state index contributed by atoms with van der Waals surface area (Å²) in [5.41, 5.74) is 2.67. The Bertz CT molecular complexity index is 701. The predicted molar refractivity (Wildman–Crippen MR) is 76.2 cm³/mol. The van der Waals surface area contributed by atoms with Crippen LogP contribution in [0.15, 0.2) is 40.9 Å². The quantitative estimate of drug-likeness (QED) is 0.645. The third-order valence-electron chi connectivity index (χ3n) is 3.09. The minimum absolute atomic E-state index is 0.0928. The van der Waals surface area contributed by atoms with E-state index in [9.17, 15) is 0 Å². The van der Waals surface area contributed by atoms with Gasteiger partial charge in [-0.1, -0.05) is 18.2 Å². The van der Waals surface area contributed by atoms with Gasteiger partial charge in [-0.15, -0.1) is 11.6 Å². The van der Waals surface area contributed by atoms with E-state index < -0.39 is 0 Å². The van der Waals surface area contributed by atoms with E-state index in [4.69, 9.17) is 16.0 Å². The number of aryl methyl sites for hydroxylation is 1. The molecular weight excluding hydrogens is 260 g/mol. The van der Waals surface area contributed by atoms with E-state index in [1.807, 2.05) is 44.2 Å². The molecule has 0 spiro atoms. The monoisotopic (exact) mass is 272 g/mol. The number of nitrogens with zero attached hydrogens (tertiary/aromatic N) is 2. The van der Waals surface area contributed by atoms with Gasteiger partial charge in [-0.05, 0) is 26.0 Å². The van der Waals surface area contributed by atoms with Gasteiger partial charge in [0.25, 0.3) is 0 Å². The van der Waals surface area contributed by atoms with E-state index in [2.05, 4.69) is 9.97 Å². The van der Waals surface area contributed by atoms with Gasteiger partial charge >= 0.3 is 0 Å². The number of para-hydroxylation sites is 1. The topological polar surface area (TPSA) is 38.9 Å². The maximum atomic E-state index is 6.07. The van der Waals surface area contributed by atoms with Crippen LogP contribution in [-0.4, -0.2) is 9.97 Å². The molecule has 0 bridgehead atoms. The lowest BCUT2D eigenvalue weighted by atomic mass is 10.2. The van der Waals surface area contributed by atoms with E-state index in [0.717, 1.165) is 22.2 Å². The van der Waals surface area contributed by atoms with Gasteiger partial charge in [0.15, 0.2) is 11.6 Å². The fourth-order valence-corrected chi connectivity index (χ4v) is 2.29. The first-order valence-corrected chi connectivity index (χ1v) is 6.55. The SMILES string of the molecule is Cc1nc(-c2cc3ccccc3o2)ncc1C(C)Cl. The first-order valence-electron chi connectivity index (χ1n) is 6.11. The first-order chi connectivity index (χ1) is 9.15. The molecule has 1 aromatic carbocycles. The molecule has 2 aromatic heterocycles. The second-order valence-corrected chi connectivity index (χ2v) is 5.15. The summed E-state index contributed by atoms with van der Waals surface area (Å²) < 4.78 is 5.75. The Balaban J connectivity index is 2.09. The summed E-state index contributed by atoms with van der Waals surface area (Å²) in [7, 11) is 0. The molecule has 4 heteroatoms. The lowest BCUT2D eigenvalue weighted by molar-refractivity contribution is 0.624. The number of hydrogen-bond donors (Lipinski definition) is 0. The zero-order valence-corrected chi connectivity index (χ0v) is 11.5. The average molecular weight is 273 g/mol. The number of benzene rings is 1. The van der Waals surface area contributed by atoms with Crippen LogP contribution in [0.3, 0.4) is 0 Å². The van der Waals surface area contributed by atoms with Crippen LogP contribution in [-0.2, 0) is 0 Å². The minimum Gasteiger partial charge on any atom is -0.453 e. The molecule has 0 N–H and O–H groups in total. The van der Waals surface area contributed by atoms with Gasteiger partial charge in [0.05, 0.1) is 5.38 Å². The molecule has 1 atom stereocenters. The van der Waals surface area contributed by atoms with Crippen LogP contribution in [0.4, 0.5) is 0 Å². The molecule has 96 valence electrons. The lowest BCUT2D eigenvalue weighted by Crippen LogP contribution is -1.97.